The molecular weight excluding hydrogens is 506 g/mol. The van der Waals surface area contributed by atoms with Crippen LogP contribution in [-0.2, 0) is 6.54 Å². The standard InChI is InChI=1S/C24H20BrN3O4S/c1-3-9-28-19(18-12-16-11-17(25)6-8-21(16)32-23(18)30)14-33-24(28)27-26-13-15-5-7-20(29)22(10-15)31-4-2/h3,5-8,10-14,29H,1,4,9H2,2H3/b26-13-,27-24+. The number of ether oxygens (including phenoxy) is 1. The highest BCUT2D eigenvalue weighted by Gasteiger charge is 2.14. The summed E-state index contributed by atoms with van der Waals surface area (Å²) in [6.45, 7) is 6.55. The third kappa shape index (κ3) is 4.99. The molecule has 0 saturated heterocycles. The van der Waals surface area contributed by atoms with Gasteiger partial charge in [-0.3, -0.25) is 0 Å². The third-order valence-corrected chi connectivity index (χ3v) is 6.06. The van der Waals surface area contributed by atoms with Crippen LogP contribution in [0.5, 0.6) is 11.5 Å². The van der Waals surface area contributed by atoms with Crippen molar-refractivity contribution in [3.63, 3.8) is 0 Å². The van der Waals surface area contributed by atoms with Crippen LogP contribution < -0.4 is 15.2 Å². The summed E-state index contributed by atoms with van der Waals surface area (Å²) >= 11 is 4.81. The van der Waals surface area contributed by atoms with Crippen molar-refractivity contribution >= 4 is 44.5 Å². The second kappa shape index (κ2) is 10.0. The first-order valence-electron chi connectivity index (χ1n) is 10.1. The predicted octanol–water partition coefficient (Wildman–Crippen LogP) is 5.31. The van der Waals surface area contributed by atoms with Crippen molar-refractivity contribution < 1.29 is 14.3 Å². The van der Waals surface area contributed by atoms with Crippen molar-refractivity contribution in [2.24, 2.45) is 10.2 Å². The molecule has 0 unspecified atom stereocenters. The average Bonchev–Trinajstić information content (AvgIpc) is 3.18. The first-order valence-corrected chi connectivity index (χ1v) is 11.7. The number of phenols is 1. The maximum Gasteiger partial charge on any atom is 0.345 e. The summed E-state index contributed by atoms with van der Waals surface area (Å²) in [5, 5.41) is 21.0. The number of aromatic nitrogens is 1. The van der Waals surface area contributed by atoms with Gasteiger partial charge in [0.2, 0.25) is 4.80 Å². The number of benzene rings is 2. The molecule has 0 fully saturated rings. The Hall–Kier alpha value is -3.43. The summed E-state index contributed by atoms with van der Waals surface area (Å²) in [5.41, 5.74) is 1.93. The van der Waals surface area contributed by atoms with Crippen molar-refractivity contribution in [1.82, 2.24) is 4.57 Å². The van der Waals surface area contributed by atoms with E-state index in [9.17, 15) is 9.90 Å². The number of halogens is 1. The summed E-state index contributed by atoms with van der Waals surface area (Å²) in [6.07, 6.45) is 3.30. The van der Waals surface area contributed by atoms with Crippen LogP contribution in [0.15, 0.2) is 84.4 Å². The van der Waals surface area contributed by atoms with Crippen molar-refractivity contribution in [2.75, 3.05) is 6.61 Å². The van der Waals surface area contributed by atoms with Crippen LogP contribution in [0.25, 0.3) is 22.2 Å². The Balaban J connectivity index is 1.74. The van der Waals surface area contributed by atoms with Gasteiger partial charge in [-0.2, -0.15) is 5.10 Å². The Morgan fingerprint density at radius 2 is 2.12 bits per heavy atom. The maximum atomic E-state index is 12.7. The number of hydrogen-bond acceptors (Lipinski definition) is 7. The normalized spacial score (nSPS) is 12.0. The van der Waals surface area contributed by atoms with Gasteiger partial charge in [-0.05, 0) is 55.0 Å². The van der Waals surface area contributed by atoms with Gasteiger partial charge in [0.05, 0.1) is 24.1 Å². The van der Waals surface area contributed by atoms with Gasteiger partial charge in [0.1, 0.15) is 5.58 Å². The van der Waals surface area contributed by atoms with Crippen LogP contribution in [0.2, 0.25) is 0 Å². The van der Waals surface area contributed by atoms with E-state index in [0.29, 0.717) is 40.5 Å². The zero-order valence-corrected chi connectivity index (χ0v) is 20.1. The predicted molar refractivity (Wildman–Crippen MR) is 134 cm³/mol. The fourth-order valence-electron chi connectivity index (χ4n) is 3.23. The van der Waals surface area contributed by atoms with Crippen LogP contribution in [0.4, 0.5) is 0 Å². The zero-order valence-electron chi connectivity index (χ0n) is 17.7. The Bertz CT molecular complexity index is 1480. The lowest BCUT2D eigenvalue weighted by atomic mass is 10.1. The summed E-state index contributed by atoms with van der Waals surface area (Å²) in [5.74, 6) is 0.454. The van der Waals surface area contributed by atoms with Gasteiger partial charge in [0.25, 0.3) is 0 Å². The number of phenolic OH excluding ortho intramolecular Hbond substituents is 1. The Labute approximate surface area is 201 Å². The molecule has 9 heteroatoms. The molecule has 0 bridgehead atoms. The maximum absolute atomic E-state index is 12.7. The Morgan fingerprint density at radius 3 is 2.91 bits per heavy atom. The van der Waals surface area contributed by atoms with E-state index < -0.39 is 5.63 Å². The lowest BCUT2D eigenvalue weighted by Crippen LogP contribution is -2.17. The molecule has 7 nitrogen and oxygen atoms in total. The quantitative estimate of drug-likeness (QED) is 0.153. The summed E-state index contributed by atoms with van der Waals surface area (Å²) in [6, 6.07) is 12.2. The fourth-order valence-corrected chi connectivity index (χ4v) is 4.48. The van der Waals surface area contributed by atoms with Crippen molar-refractivity contribution in [1.29, 1.82) is 0 Å². The first-order chi connectivity index (χ1) is 16.0. The van der Waals surface area contributed by atoms with E-state index in [1.54, 1.807) is 36.6 Å². The van der Waals surface area contributed by atoms with Crippen molar-refractivity contribution in [2.45, 2.75) is 13.5 Å². The average molecular weight is 526 g/mol. The van der Waals surface area contributed by atoms with Crippen LogP contribution in [-0.4, -0.2) is 22.5 Å². The molecule has 2 heterocycles. The monoisotopic (exact) mass is 525 g/mol. The molecule has 4 aromatic rings. The molecule has 0 atom stereocenters. The Kier molecular flexibility index (Phi) is 6.90. The minimum Gasteiger partial charge on any atom is -0.504 e. The number of hydrogen-bond donors (Lipinski definition) is 1. The van der Waals surface area contributed by atoms with Gasteiger partial charge < -0.3 is 18.8 Å². The van der Waals surface area contributed by atoms with Crippen molar-refractivity contribution in [3.05, 3.63) is 85.8 Å². The fraction of sp³-hybridized carbons (Fsp3) is 0.125. The first kappa shape index (κ1) is 22.8. The van der Waals surface area contributed by atoms with Gasteiger partial charge in [0.15, 0.2) is 11.5 Å². The van der Waals surface area contributed by atoms with Crippen LogP contribution in [0, 0.1) is 0 Å². The molecule has 1 N–H and O–H groups in total. The van der Waals surface area contributed by atoms with E-state index in [1.807, 2.05) is 35.1 Å². The van der Waals surface area contributed by atoms with E-state index in [1.165, 1.54) is 11.3 Å². The highest BCUT2D eigenvalue weighted by Crippen LogP contribution is 2.26. The van der Waals surface area contributed by atoms with Crippen LogP contribution in [0.3, 0.4) is 0 Å². The number of aromatic hydroxyl groups is 1. The minimum absolute atomic E-state index is 0.0684. The number of fused-ring (bicyclic) bond motifs is 1. The summed E-state index contributed by atoms with van der Waals surface area (Å²) in [7, 11) is 0. The highest BCUT2D eigenvalue weighted by molar-refractivity contribution is 9.10. The number of rotatable bonds is 7. The molecule has 168 valence electrons. The lowest BCUT2D eigenvalue weighted by Gasteiger charge is -2.06. The van der Waals surface area contributed by atoms with Crippen LogP contribution >= 0.6 is 27.3 Å². The van der Waals surface area contributed by atoms with E-state index in [-0.39, 0.29) is 5.75 Å². The minimum atomic E-state index is -0.428. The molecule has 2 aromatic carbocycles. The van der Waals surface area contributed by atoms with E-state index >= 15 is 0 Å². The zero-order chi connectivity index (χ0) is 23.4. The molecule has 0 amide bonds. The van der Waals surface area contributed by atoms with Gasteiger partial charge in [0, 0.05) is 21.8 Å². The number of thiazole rings is 1. The number of allylic oxidation sites excluding steroid dienone is 1. The molecular formula is C24H20BrN3O4S. The third-order valence-electron chi connectivity index (χ3n) is 4.71. The largest absolute Gasteiger partial charge is 0.504 e. The van der Waals surface area contributed by atoms with Gasteiger partial charge >= 0.3 is 5.63 Å². The number of nitrogens with zero attached hydrogens (tertiary/aromatic N) is 3. The van der Waals surface area contributed by atoms with Gasteiger partial charge in [-0.1, -0.05) is 22.0 Å². The van der Waals surface area contributed by atoms with Crippen LogP contribution in [0.1, 0.15) is 12.5 Å². The summed E-state index contributed by atoms with van der Waals surface area (Å²) in [4.78, 5) is 13.3. The lowest BCUT2D eigenvalue weighted by molar-refractivity contribution is 0.318. The molecule has 0 spiro atoms. The molecule has 0 saturated carbocycles. The SMILES string of the molecule is C=CCn1c(-c2cc3cc(Br)ccc3oc2=O)cs/c1=N/N=C\c1ccc(O)c(OCC)c1. The molecule has 0 aliphatic carbocycles. The smallest absolute Gasteiger partial charge is 0.345 e. The second-order valence-electron chi connectivity index (χ2n) is 6.94. The summed E-state index contributed by atoms with van der Waals surface area (Å²) < 4.78 is 13.7. The van der Waals surface area contributed by atoms with Crippen molar-refractivity contribution in [3.8, 4) is 22.8 Å². The van der Waals surface area contributed by atoms with E-state index in [2.05, 4.69) is 32.7 Å². The topological polar surface area (TPSA) is 89.3 Å². The Morgan fingerprint density at radius 1 is 1.27 bits per heavy atom. The van der Waals surface area contributed by atoms with Gasteiger partial charge in [-0.25, -0.2) is 4.79 Å². The second-order valence-corrected chi connectivity index (χ2v) is 8.69. The molecule has 4 rings (SSSR count). The molecule has 33 heavy (non-hydrogen) atoms. The molecule has 0 radical (unpaired) electrons. The molecule has 0 aliphatic rings. The van der Waals surface area contributed by atoms with E-state index in [4.69, 9.17) is 9.15 Å². The van der Waals surface area contributed by atoms with E-state index in [0.717, 1.165) is 15.4 Å². The van der Waals surface area contributed by atoms with Gasteiger partial charge in [-0.15, -0.1) is 23.0 Å². The molecule has 0 aliphatic heterocycles. The highest BCUT2D eigenvalue weighted by atomic mass is 79.9. The molecule has 2 aromatic heterocycles.